The molecule has 1 aromatic carbocycles. The van der Waals surface area contributed by atoms with Gasteiger partial charge in [-0.15, -0.1) is 5.10 Å². The maximum absolute atomic E-state index is 12.7. The minimum atomic E-state index is -0.00658. The fourth-order valence-corrected chi connectivity index (χ4v) is 3.59. The lowest BCUT2D eigenvalue weighted by Gasteiger charge is -2.35. The summed E-state index contributed by atoms with van der Waals surface area (Å²) >= 11 is 0. The normalized spacial score (nSPS) is 19.2. The van der Waals surface area contributed by atoms with Gasteiger partial charge in [-0.1, -0.05) is 23.4 Å². The van der Waals surface area contributed by atoms with Crippen LogP contribution in [0.1, 0.15) is 29.4 Å². The smallest absolute Gasteiger partial charge is 0.276 e. The molecule has 1 aromatic heterocycles. The van der Waals surface area contributed by atoms with Crippen LogP contribution in [0.2, 0.25) is 0 Å². The molecule has 0 atom stereocenters. The van der Waals surface area contributed by atoms with E-state index >= 15 is 0 Å². The van der Waals surface area contributed by atoms with Gasteiger partial charge in [0.05, 0.1) is 12.2 Å². The average molecular weight is 340 g/mol. The third kappa shape index (κ3) is 3.51. The molecule has 0 saturated carbocycles. The average Bonchev–Trinajstić information content (AvgIpc) is 3.19. The van der Waals surface area contributed by atoms with E-state index in [4.69, 9.17) is 0 Å². The van der Waals surface area contributed by atoms with E-state index in [9.17, 15) is 4.79 Å². The Balaban J connectivity index is 1.37. The van der Waals surface area contributed by atoms with Crippen molar-refractivity contribution in [2.45, 2.75) is 18.9 Å². The molecule has 2 aromatic rings. The second-order valence-corrected chi connectivity index (χ2v) is 6.68. The molecule has 0 bridgehead atoms. The number of anilines is 1. The molecule has 2 fully saturated rings. The molecule has 2 aliphatic heterocycles. The molecule has 0 radical (unpaired) electrons. The number of nitrogens with one attached hydrogen (secondary N) is 1. The van der Waals surface area contributed by atoms with Gasteiger partial charge in [0.15, 0.2) is 5.69 Å². The van der Waals surface area contributed by atoms with E-state index in [-0.39, 0.29) is 5.91 Å². The zero-order valence-electron chi connectivity index (χ0n) is 14.3. The lowest BCUT2D eigenvalue weighted by molar-refractivity contribution is 0.0740. The third-order valence-electron chi connectivity index (χ3n) is 5.10. The first-order valence-electron chi connectivity index (χ1n) is 9.03. The molecule has 7 nitrogen and oxygen atoms in total. The molecular weight excluding hydrogens is 316 g/mol. The number of aromatic nitrogens is 3. The Labute approximate surface area is 147 Å². The number of piperidine rings is 1. The Morgan fingerprint density at radius 3 is 2.48 bits per heavy atom. The Morgan fingerprint density at radius 1 is 1.04 bits per heavy atom. The summed E-state index contributed by atoms with van der Waals surface area (Å²) < 4.78 is 1.87. The minimum absolute atomic E-state index is 0.00658. The van der Waals surface area contributed by atoms with E-state index in [2.05, 4.69) is 32.7 Å². The summed E-state index contributed by atoms with van der Waals surface area (Å²) in [4.78, 5) is 16.9. The van der Waals surface area contributed by atoms with E-state index in [1.807, 2.05) is 34.0 Å². The van der Waals surface area contributed by atoms with Crippen LogP contribution in [0.5, 0.6) is 0 Å². The number of benzene rings is 1. The monoisotopic (exact) mass is 340 g/mol. The maximum atomic E-state index is 12.7. The number of piperazine rings is 1. The molecule has 2 aliphatic rings. The van der Waals surface area contributed by atoms with Crippen LogP contribution < -0.4 is 10.2 Å². The second-order valence-electron chi connectivity index (χ2n) is 6.68. The molecule has 1 amide bonds. The highest BCUT2D eigenvalue weighted by Gasteiger charge is 2.25. The van der Waals surface area contributed by atoms with Crippen LogP contribution in [0.25, 0.3) is 0 Å². The summed E-state index contributed by atoms with van der Waals surface area (Å²) in [5.41, 5.74) is 1.68. The van der Waals surface area contributed by atoms with Crippen molar-refractivity contribution in [1.82, 2.24) is 25.2 Å². The Bertz CT molecular complexity index is 701. The molecule has 0 unspecified atom stereocenters. The standard InChI is InChI=1S/C18H24N6O/c25-18(17-14-24(21-20-17)16-6-8-19-9-7-16)23-12-10-22(11-13-23)15-4-2-1-3-5-15/h1-5,14,16,19H,6-13H2. The largest absolute Gasteiger partial charge is 0.368 e. The highest BCUT2D eigenvalue weighted by atomic mass is 16.2. The Kier molecular flexibility index (Phi) is 4.65. The van der Waals surface area contributed by atoms with Gasteiger partial charge in [-0.3, -0.25) is 4.79 Å². The maximum Gasteiger partial charge on any atom is 0.276 e. The van der Waals surface area contributed by atoms with Gasteiger partial charge in [0, 0.05) is 31.9 Å². The number of carbonyl (C=O) groups excluding carboxylic acids is 1. The van der Waals surface area contributed by atoms with E-state index in [0.717, 1.165) is 39.0 Å². The van der Waals surface area contributed by atoms with Gasteiger partial charge >= 0.3 is 0 Å². The lowest BCUT2D eigenvalue weighted by atomic mass is 10.1. The van der Waals surface area contributed by atoms with Crippen LogP contribution in [-0.2, 0) is 0 Å². The predicted octanol–water partition coefficient (Wildman–Crippen LogP) is 1.16. The molecule has 132 valence electrons. The highest BCUT2D eigenvalue weighted by molar-refractivity contribution is 5.92. The van der Waals surface area contributed by atoms with Crippen LogP contribution >= 0.6 is 0 Å². The van der Waals surface area contributed by atoms with Crippen LogP contribution in [0, 0.1) is 0 Å². The molecule has 3 heterocycles. The van der Waals surface area contributed by atoms with E-state index in [1.54, 1.807) is 0 Å². The molecule has 4 rings (SSSR count). The van der Waals surface area contributed by atoms with Crippen molar-refractivity contribution in [2.75, 3.05) is 44.2 Å². The first-order valence-corrected chi connectivity index (χ1v) is 9.03. The number of amides is 1. The highest BCUT2D eigenvalue weighted by Crippen LogP contribution is 2.19. The van der Waals surface area contributed by atoms with Crippen molar-refractivity contribution in [3.8, 4) is 0 Å². The van der Waals surface area contributed by atoms with E-state index in [1.165, 1.54) is 5.69 Å². The summed E-state index contributed by atoms with van der Waals surface area (Å²) in [6.07, 6.45) is 3.89. The number of hydrogen-bond donors (Lipinski definition) is 1. The number of carbonyl (C=O) groups is 1. The molecule has 25 heavy (non-hydrogen) atoms. The molecule has 7 heteroatoms. The molecule has 1 N–H and O–H groups in total. The first kappa shape index (κ1) is 16.1. The van der Waals surface area contributed by atoms with Gasteiger partial charge in [-0.2, -0.15) is 0 Å². The van der Waals surface area contributed by atoms with Gasteiger partial charge in [0.1, 0.15) is 0 Å². The molecule has 2 saturated heterocycles. The Morgan fingerprint density at radius 2 is 1.76 bits per heavy atom. The fourth-order valence-electron chi connectivity index (χ4n) is 3.59. The summed E-state index contributed by atoms with van der Waals surface area (Å²) in [5, 5.41) is 11.7. The van der Waals surface area contributed by atoms with Crippen LogP contribution in [-0.4, -0.2) is 65.1 Å². The van der Waals surface area contributed by atoms with Crippen molar-refractivity contribution >= 4 is 11.6 Å². The molecule has 0 spiro atoms. The van der Waals surface area contributed by atoms with Gasteiger partial charge in [0.25, 0.3) is 5.91 Å². The van der Waals surface area contributed by atoms with E-state index < -0.39 is 0 Å². The quantitative estimate of drug-likeness (QED) is 0.908. The molecule has 0 aliphatic carbocycles. The first-order chi connectivity index (χ1) is 12.3. The Hall–Kier alpha value is -2.41. The van der Waals surface area contributed by atoms with Crippen molar-refractivity contribution < 1.29 is 4.79 Å². The SMILES string of the molecule is O=C(c1cn(C2CCNCC2)nn1)N1CCN(c2ccccc2)CC1. The molecular formula is C18H24N6O. The number of nitrogens with zero attached hydrogens (tertiary/aromatic N) is 5. The van der Waals surface area contributed by atoms with Crippen LogP contribution in [0.15, 0.2) is 36.5 Å². The van der Waals surface area contributed by atoms with Crippen LogP contribution in [0.3, 0.4) is 0 Å². The number of para-hydroxylation sites is 1. The van der Waals surface area contributed by atoms with Crippen molar-refractivity contribution in [1.29, 1.82) is 0 Å². The fraction of sp³-hybridized carbons (Fsp3) is 0.500. The van der Waals surface area contributed by atoms with Crippen molar-refractivity contribution in [3.63, 3.8) is 0 Å². The van der Waals surface area contributed by atoms with Crippen molar-refractivity contribution in [3.05, 3.63) is 42.2 Å². The van der Waals surface area contributed by atoms with E-state index in [0.29, 0.717) is 24.8 Å². The number of rotatable bonds is 3. The lowest BCUT2D eigenvalue weighted by Crippen LogP contribution is -2.48. The predicted molar refractivity (Wildman–Crippen MR) is 95.7 cm³/mol. The zero-order valence-corrected chi connectivity index (χ0v) is 14.3. The zero-order chi connectivity index (χ0) is 17.1. The van der Waals surface area contributed by atoms with Gasteiger partial charge in [0.2, 0.25) is 0 Å². The summed E-state index contributed by atoms with van der Waals surface area (Å²) in [6.45, 7) is 5.11. The van der Waals surface area contributed by atoms with Gasteiger partial charge in [-0.25, -0.2) is 4.68 Å². The third-order valence-corrected chi connectivity index (χ3v) is 5.10. The van der Waals surface area contributed by atoms with Gasteiger partial charge in [-0.05, 0) is 38.1 Å². The van der Waals surface area contributed by atoms with Crippen LogP contribution in [0.4, 0.5) is 5.69 Å². The van der Waals surface area contributed by atoms with Gasteiger partial charge < -0.3 is 15.1 Å². The number of hydrogen-bond acceptors (Lipinski definition) is 5. The summed E-state index contributed by atoms with van der Waals surface area (Å²) in [7, 11) is 0. The topological polar surface area (TPSA) is 66.3 Å². The summed E-state index contributed by atoms with van der Waals surface area (Å²) in [6, 6.07) is 10.7. The summed E-state index contributed by atoms with van der Waals surface area (Å²) in [5.74, 6) is -0.00658. The minimum Gasteiger partial charge on any atom is -0.368 e. The van der Waals surface area contributed by atoms with Crippen molar-refractivity contribution in [2.24, 2.45) is 0 Å². The second kappa shape index (κ2) is 7.23.